The fraction of sp³-hybridized carbons (Fsp3) is 0.174. The molecule has 4 aromatic rings. The maximum atomic E-state index is 13.2. The second-order valence-corrected chi connectivity index (χ2v) is 8.28. The quantitative estimate of drug-likeness (QED) is 0.449. The van der Waals surface area contributed by atoms with Crippen LogP contribution in [0.25, 0.3) is 15.9 Å². The Balaban J connectivity index is 1.47. The molecule has 0 bridgehead atoms. The van der Waals surface area contributed by atoms with Crippen LogP contribution in [-0.2, 0) is 9.53 Å². The number of nitrogens with one attached hydrogen (secondary N) is 1. The van der Waals surface area contributed by atoms with E-state index in [-0.39, 0.29) is 12.4 Å². The zero-order valence-corrected chi connectivity index (χ0v) is 18.0. The summed E-state index contributed by atoms with van der Waals surface area (Å²) < 4.78 is 20.1. The number of ether oxygens (including phenoxy) is 1. The number of anilines is 1. The highest BCUT2D eigenvalue weighted by molar-refractivity contribution is 7.20. The first kappa shape index (κ1) is 20.7. The summed E-state index contributed by atoms with van der Waals surface area (Å²) in [5, 5.41) is 8.03. The number of nitrogens with zero attached hydrogens (tertiary/aromatic N) is 2. The molecule has 0 atom stereocenters. The fourth-order valence-electron chi connectivity index (χ4n) is 3.25. The number of aryl methyl sites for hydroxylation is 3. The average molecular weight is 437 g/mol. The Kier molecular flexibility index (Phi) is 5.56. The minimum absolute atomic E-state index is 0.335. The van der Waals surface area contributed by atoms with Crippen LogP contribution >= 0.6 is 11.3 Å². The van der Waals surface area contributed by atoms with Crippen molar-refractivity contribution in [1.82, 2.24) is 9.78 Å². The third kappa shape index (κ3) is 4.34. The van der Waals surface area contributed by atoms with Crippen LogP contribution < -0.4 is 5.32 Å². The number of carbonyl (C=O) groups is 2. The van der Waals surface area contributed by atoms with Gasteiger partial charge in [-0.05, 0) is 62.7 Å². The molecule has 0 aliphatic carbocycles. The molecule has 0 aliphatic heterocycles. The van der Waals surface area contributed by atoms with Gasteiger partial charge in [0.25, 0.3) is 5.91 Å². The summed E-state index contributed by atoms with van der Waals surface area (Å²) in [4.78, 5) is 25.8. The highest BCUT2D eigenvalue weighted by Crippen LogP contribution is 2.31. The predicted octanol–water partition coefficient (Wildman–Crippen LogP) is 4.95. The third-order valence-corrected chi connectivity index (χ3v) is 5.90. The van der Waals surface area contributed by atoms with E-state index in [0.717, 1.165) is 27.0 Å². The summed E-state index contributed by atoms with van der Waals surface area (Å²) in [6, 6.07) is 13.3. The van der Waals surface area contributed by atoms with Crippen molar-refractivity contribution in [2.45, 2.75) is 20.8 Å². The highest BCUT2D eigenvalue weighted by atomic mass is 32.1. The first-order valence-electron chi connectivity index (χ1n) is 9.61. The molecule has 6 nitrogen and oxygen atoms in total. The van der Waals surface area contributed by atoms with E-state index in [0.29, 0.717) is 16.3 Å². The molecular weight excluding hydrogens is 417 g/mol. The lowest BCUT2D eigenvalue weighted by atomic mass is 10.1. The van der Waals surface area contributed by atoms with E-state index in [4.69, 9.17) is 4.74 Å². The Morgan fingerprint density at radius 2 is 1.84 bits per heavy atom. The largest absolute Gasteiger partial charge is 0.451 e. The number of amides is 1. The van der Waals surface area contributed by atoms with Crippen molar-refractivity contribution in [3.8, 4) is 5.69 Å². The number of thiophene rings is 1. The van der Waals surface area contributed by atoms with Crippen LogP contribution in [0.4, 0.5) is 10.1 Å². The molecule has 8 heteroatoms. The molecule has 1 N–H and O–H groups in total. The first-order chi connectivity index (χ1) is 14.8. The number of hydrogen-bond donors (Lipinski definition) is 1. The molecule has 0 fully saturated rings. The summed E-state index contributed by atoms with van der Waals surface area (Å²) >= 11 is 1.21. The van der Waals surface area contributed by atoms with Crippen molar-refractivity contribution in [1.29, 1.82) is 0 Å². The number of benzene rings is 2. The number of hydrogen-bond acceptors (Lipinski definition) is 5. The maximum absolute atomic E-state index is 13.2. The van der Waals surface area contributed by atoms with Gasteiger partial charge in [-0.2, -0.15) is 5.10 Å². The topological polar surface area (TPSA) is 73.2 Å². The van der Waals surface area contributed by atoms with Crippen LogP contribution in [-0.4, -0.2) is 28.3 Å². The normalized spacial score (nSPS) is 11.0. The zero-order chi connectivity index (χ0) is 22.1. The number of fused-ring (bicyclic) bond motifs is 1. The summed E-state index contributed by atoms with van der Waals surface area (Å²) in [6.45, 7) is 5.33. The molecule has 2 heterocycles. The van der Waals surface area contributed by atoms with Gasteiger partial charge in [0, 0.05) is 11.1 Å². The smallest absolute Gasteiger partial charge is 0.348 e. The Morgan fingerprint density at radius 1 is 1.10 bits per heavy atom. The van der Waals surface area contributed by atoms with Crippen LogP contribution in [0, 0.1) is 26.6 Å². The van der Waals surface area contributed by atoms with Crippen molar-refractivity contribution < 1.29 is 18.7 Å². The number of aromatic nitrogens is 2. The number of carbonyl (C=O) groups excluding carboxylic acids is 2. The Bertz CT molecular complexity index is 1290. The molecule has 0 unspecified atom stereocenters. The van der Waals surface area contributed by atoms with E-state index >= 15 is 0 Å². The number of esters is 1. The third-order valence-electron chi connectivity index (χ3n) is 4.81. The lowest BCUT2D eigenvalue weighted by Crippen LogP contribution is -2.21. The molecule has 0 radical (unpaired) electrons. The molecule has 0 saturated heterocycles. The summed E-state index contributed by atoms with van der Waals surface area (Å²) in [5.41, 5.74) is 4.14. The fourth-order valence-corrected chi connectivity index (χ4v) is 4.32. The minimum Gasteiger partial charge on any atom is -0.451 e. The molecule has 2 aromatic heterocycles. The molecule has 0 aliphatic rings. The van der Waals surface area contributed by atoms with Crippen LogP contribution in [0.15, 0.2) is 48.5 Å². The van der Waals surface area contributed by atoms with Crippen LogP contribution in [0.3, 0.4) is 0 Å². The van der Waals surface area contributed by atoms with Gasteiger partial charge < -0.3 is 10.1 Å². The van der Waals surface area contributed by atoms with Gasteiger partial charge in [-0.25, -0.2) is 13.9 Å². The standard InChI is InChI=1S/C23H20FN3O3S/c1-13-4-9-19(14(2)10-13)25-21(28)12-30-23(29)20-11-18-15(3)26-27(22(18)31-20)17-7-5-16(24)6-8-17/h4-11H,12H2,1-3H3,(H,25,28). The molecule has 0 spiro atoms. The number of halogens is 1. The molecule has 4 rings (SSSR count). The van der Waals surface area contributed by atoms with Gasteiger partial charge in [0.05, 0.1) is 11.4 Å². The summed E-state index contributed by atoms with van der Waals surface area (Å²) in [5.74, 6) is -1.32. The molecule has 31 heavy (non-hydrogen) atoms. The second kappa shape index (κ2) is 8.31. The van der Waals surface area contributed by atoms with Crippen molar-refractivity contribution in [2.75, 3.05) is 11.9 Å². The van der Waals surface area contributed by atoms with Crippen LogP contribution in [0.1, 0.15) is 26.5 Å². The molecule has 2 aromatic carbocycles. The van der Waals surface area contributed by atoms with E-state index in [9.17, 15) is 14.0 Å². The Labute approximate surface area is 182 Å². The van der Waals surface area contributed by atoms with Gasteiger partial charge in [-0.1, -0.05) is 17.7 Å². The lowest BCUT2D eigenvalue weighted by molar-refractivity contribution is -0.119. The van der Waals surface area contributed by atoms with Gasteiger partial charge in [-0.3, -0.25) is 4.79 Å². The Hall–Kier alpha value is -3.52. The van der Waals surface area contributed by atoms with Gasteiger partial charge in [0.15, 0.2) is 6.61 Å². The first-order valence-corrected chi connectivity index (χ1v) is 10.4. The Morgan fingerprint density at radius 3 is 2.55 bits per heavy atom. The van der Waals surface area contributed by atoms with Crippen molar-refractivity contribution in [3.05, 3.63) is 76.0 Å². The monoisotopic (exact) mass is 437 g/mol. The van der Waals surface area contributed by atoms with Crippen LogP contribution in [0.5, 0.6) is 0 Å². The average Bonchev–Trinajstić information content (AvgIpc) is 3.30. The van der Waals surface area contributed by atoms with E-state index in [1.807, 2.05) is 39.0 Å². The highest BCUT2D eigenvalue weighted by Gasteiger charge is 2.19. The second-order valence-electron chi connectivity index (χ2n) is 7.25. The van der Waals surface area contributed by atoms with Gasteiger partial charge in [0.1, 0.15) is 15.5 Å². The molecule has 0 saturated carbocycles. The van der Waals surface area contributed by atoms with Crippen molar-refractivity contribution in [3.63, 3.8) is 0 Å². The molecule has 158 valence electrons. The van der Waals surface area contributed by atoms with E-state index in [1.54, 1.807) is 22.9 Å². The van der Waals surface area contributed by atoms with Crippen molar-refractivity contribution >= 4 is 39.1 Å². The van der Waals surface area contributed by atoms with E-state index in [2.05, 4.69) is 10.4 Å². The van der Waals surface area contributed by atoms with Crippen molar-refractivity contribution in [2.24, 2.45) is 0 Å². The van der Waals surface area contributed by atoms with Gasteiger partial charge >= 0.3 is 5.97 Å². The zero-order valence-electron chi connectivity index (χ0n) is 17.2. The lowest BCUT2D eigenvalue weighted by Gasteiger charge is -2.09. The SMILES string of the molecule is Cc1ccc(NC(=O)COC(=O)c2cc3c(C)nn(-c4ccc(F)cc4)c3s2)c(C)c1. The van der Waals surface area contributed by atoms with E-state index < -0.39 is 11.9 Å². The van der Waals surface area contributed by atoms with Crippen LogP contribution in [0.2, 0.25) is 0 Å². The maximum Gasteiger partial charge on any atom is 0.348 e. The predicted molar refractivity (Wildman–Crippen MR) is 118 cm³/mol. The van der Waals surface area contributed by atoms with Gasteiger partial charge in [0.2, 0.25) is 0 Å². The van der Waals surface area contributed by atoms with E-state index in [1.165, 1.54) is 23.5 Å². The van der Waals surface area contributed by atoms with Gasteiger partial charge in [-0.15, -0.1) is 11.3 Å². The summed E-state index contributed by atoms with van der Waals surface area (Å²) in [7, 11) is 0. The molecule has 1 amide bonds. The summed E-state index contributed by atoms with van der Waals surface area (Å²) in [6.07, 6.45) is 0. The minimum atomic E-state index is -0.581. The molecular formula is C23H20FN3O3S. The number of rotatable bonds is 5.